The van der Waals surface area contributed by atoms with Gasteiger partial charge in [-0.05, 0) is 18.2 Å². The lowest BCUT2D eigenvalue weighted by molar-refractivity contribution is -0.150. The number of hydrogen-bond donors (Lipinski definition) is 1. The number of ether oxygens (including phenoxy) is 1. The Kier molecular flexibility index (Phi) is 3.26. The summed E-state index contributed by atoms with van der Waals surface area (Å²) in [5.41, 5.74) is 0.708. The number of nitrogens with one attached hydrogen (secondary N) is 1. The summed E-state index contributed by atoms with van der Waals surface area (Å²) in [5.74, 6) is -1.81. The SMILES string of the molecule is COC(=O)C(=O)Nc1nc2ccc(Cl)cc2s1. The number of aromatic nitrogens is 1. The molecule has 0 aliphatic carbocycles. The lowest BCUT2D eigenvalue weighted by Gasteiger charge is -1.97. The number of hydrogen-bond acceptors (Lipinski definition) is 5. The third-order valence-electron chi connectivity index (χ3n) is 1.94. The van der Waals surface area contributed by atoms with Gasteiger partial charge in [0.1, 0.15) is 0 Å². The molecule has 7 heteroatoms. The number of halogens is 1. The maximum Gasteiger partial charge on any atom is 0.396 e. The van der Waals surface area contributed by atoms with Crippen molar-refractivity contribution in [1.29, 1.82) is 0 Å². The molecule has 0 aliphatic rings. The van der Waals surface area contributed by atoms with Gasteiger partial charge in [0.15, 0.2) is 5.13 Å². The van der Waals surface area contributed by atoms with Gasteiger partial charge in [0, 0.05) is 5.02 Å². The van der Waals surface area contributed by atoms with Crippen molar-refractivity contribution >= 4 is 50.2 Å². The van der Waals surface area contributed by atoms with E-state index in [0.29, 0.717) is 15.7 Å². The molecule has 0 atom stereocenters. The van der Waals surface area contributed by atoms with Gasteiger partial charge in [-0.2, -0.15) is 0 Å². The lowest BCUT2D eigenvalue weighted by atomic mass is 10.3. The Hall–Kier alpha value is -1.66. The standard InChI is InChI=1S/C10H7ClN2O3S/c1-16-9(15)8(14)13-10-12-6-3-2-5(11)4-7(6)17-10/h2-4H,1H3,(H,12,13,14). The number of anilines is 1. The maximum absolute atomic E-state index is 11.2. The van der Waals surface area contributed by atoms with Gasteiger partial charge < -0.3 is 4.74 Å². The predicted molar refractivity (Wildman–Crippen MR) is 65.3 cm³/mol. The third kappa shape index (κ3) is 2.54. The van der Waals surface area contributed by atoms with Crippen molar-refractivity contribution in [3.05, 3.63) is 23.2 Å². The van der Waals surface area contributed by atoms with E-state index in [4.69, 9.17) is 11.6 Å². The average molecular weight is 271 g/mol. The van der Waals surface area contributed by atoms with E-state index in [1.807, 2.05) is 0 Å². The minimum atomic E-state index is -0.956. The number of benzene rings is 1. The van der Waals surface area contributed by atoms with E-state index in [-0.39, 0.29) is 0 Å². The first-order chi connectivity index (χ1) is 8.10. The Bertz CT molecular complexity index is 596. The minimum Gasteiger partial charge on any atom is -0.462 e. The van der Waals surface area contributed by atoms with Crippen LogP contribution in [-0.4, -0.2) is 24.0 Å². The fraction of sp³-hybridized carbons (Fsp3) is 0.100. The Morgan fingerprint density at radius 3 is 2.94 bits per heavy atom. The number of carbonyl (C=O) groups is 2. The van der Waals surface area contributed by atoms with Gasteiger partial charge in [-0.3, -0.25) is 10.1 Å². The number of esters is 1. The number of amides is 1. The van der Waals surface area contributed by atoms with E-state index in [9.17, 15) is 9.59 Å². The van der Waals surface area contributed by atoms with Crippen LogP contribution in [0.3, 0.4) is 0 Å². The largest absolute Gasteiger partial charge is 0.462 e. The van der Waals surface area contributed by atoms with Crippen LogP contribution < -0.4 is 5.32 Å². The molecule has 0 spiro atoms. The van der Waals surface area contributed by atoms with Gasteiger partial charge in [-0.25, -0.2) is 9.78 Å². The molecule has 0 radical (unpaired) electrons. The van der Waals surface area contributed by atoms with E-state index in [1.54, 1.807) is 18.2 Å². The molecule has 1 aromatic heterocycles. The van der Waals surface area contributed by atoms with Gasteiger partial charge in [0.2, 0.25) is 0 Å². The summed E-state index contributed by atoms with van der Waals surface area (Å²) < 4.78 is 5.11. The van der Waals surface area contributed by atoms with Crippen LogP contribution in [0.15, 0.2) is 18.2 Å². The summed E-state index contributed by atoms with van der Waals surface area (Å²) in [7, 11) is 1.14. The van der Waals surface area contributed by atoms with Crippen molar-refractivity contribution in [1.82, 2.24) is 4.98 Å². The fourth-order valence-electron chi connectivity index (χ4n) is 1.19. The van der Waals surface area contributed by atoms with E-state index in [2.05, 4.69) is 15.0 Å². The van der Waals surface area contributed by atoms with Crippen molar-refractivity contribution in [2.45, 2.75) is 0 Å². The van der Waals surface area contributed by atoms with Crippen LogP contribution >= 0.6 is 22.9 Å². The first-order valence-corrected chi connectivity index (χ1v) is 5.75. The molecule has 0 fully saturated rings. The highest BCUT2D eigenvalue weighted by Crippen LogP contribution is 2.28. The summed E-state index contributed by atoms with van der Waals surface area (Å²) in [6, 6.07) is 5.18. The van der Waals surface area contributed by atoms with Gasteiger partial charge in [-0.15, -0.1) is 0 Å². The molecule has 1 N–H and O–H groups in total. The van der Waals surface area contributed by atoms with E-state index < -0.39 is 11.9 Å². The summed E-state index contributed by atoms with van der Waals surface area (Å²) in [4.78, 5) is 26.3. The van der Waals surface area contributed by atoms with Crippen molar-refractivity contribution in [2.24, 2.45) is 0 Å². The second kappa shape index (κ2) is 4.68. The van der Waals surface area contributed by atoms with Crippen LogP contribution in [0.5, 0.6) is 0 Å². The first-order valence-electron chi connectivity index (χ1n) is 4.55. The third-order valence-corrected chi connectivity index (χ3v) is 3.11. The number of nitrogens with zero attached hydrogens (tertiary/aromatic N) is 1. The number of carbonyl (C=O) groups excluding carboxylic acids is 2. The molecule has 5 nitrogen and oxygen atoms in total. The topological polar surface area (TPSA) is 68.3 Å². The van der Waals surface area contributed by atoms with Crippen LogP contribution in [0.1, 0.15) is 0 Å². The highest BCUT2D eigenvalue weighted by Gasteiger charge is 2.15. The first kappa shape index (κ1) is 11.8. The lowest BCUT2D eigenvalue weighted by Crippen LogP contribution is -2.23. The quantitative estimate of drug-likeness (QED) is 0.636. The smallest absolute Gasteiger partial charge is 0.396 e. The Morgan fingerprint density at radius 1 is 1.47 bits per heavy atom. The number of thiazole rings is 1. The maximum atomic E-state index is 11.2. The molecule has 0 unspecified atom stereocenters. The van der Waals surface area contributed by atoms with Crippen LogP contribution in [-0.2, 0) is 14.3 Å². The van der Waals surface area contributed by atoms with Gasteiger partial charge >= 0.3 is 11.9 Å². The summed E-state index contributed by atoms with van der Waals surface area (Å²) in [6.45, 7) is 0. The van der Waals surface area contributed by atoms with E-state index >= 15 is 0 Å². The fourth-order valence-corrected chi connectivity index (χ4v) is 2.33. The second-order valence-electron chi connectivity index (χ2n) is 3.08. The minimum absolute atomic E-state index is 0.331. The Morgan fingerprint density at radius 2 is 2.24 bits per heavy atom. The predicted octanol–water partition coefficient (Wildman–Crippen LogP) is 2.06. The highest BCUT2D eigenvalue weighted by atomic mass is 35.5. The molecule has 1 aromatic carbocycles. The van der Waals surface area contributed by atoms with E-state index in [0.717, 1.165) is 11.8 Å². The Labute approximate surface area is 105 Å². The van der Waals surface area contributed by atoms with Crippen LogP contribution in [0, 0.1) is 0 Å². The molecule has 17 heavy (non-hydrogen) atoms. The zero-order valence-electron chi connectivity index (χ0n) is 8.69. The number of methoxy groups -OCH3 is 1. The molecule has 0 bridgehead atoms. The average Bonchev–Trinajstić information content (AvgIpc) is 2.69. The summed E-state index contributed by atoms with van der Waals surface area (Å²) >= 11 is 7.06. The number of fused-ring (bicyclic) bond motifs is 1. The van der Waals surface area contributed by atoms with Crippen LogP contribution in [0.4, 0.5) is 5.13 Å². The summed E-state index contributed by atoms with van der Waals surface area (Å²) in [5, 5.41) is 3.27. The van der Waals surface area contributed by atoms with Crippen molar-refractivity contribution in [3.8, 4) is 0 Å². The van der Waals surface area contributed by atoms with E-state index in [1.165, 1.54) is 11.3 Å². The molecule has 1 amide bonds. The van der Waals surface area contributed by atoms with Gasteiger partial charge in [0.05, 0.1) is 17.3 Å². The van der Waals surface area contributed by atoms with Gasteiger partial charge in [0.25, 0.3) is 0 Å². The van der Waals surface area contributed by atoms with Crippen molar-refractivity contribution in [2.75, 3.05) is 12.4 Å². The molecule has 88 valence electrons. The molecule has 0 saturated carbocycles. The molecule has 1 heterocycles. The van der Waals surface area contributed by atoms with Gasteiger partial charge in [-0.1, -0.05) is 22.9 Å². The molecule has 2 aromatic rings. The van der Waals surface area contributed by atoms with Crippen molar-refractivity contribution in [3.63, 3.8) is 0 Å². The second-order valence-corrected chi connectivity index (χ2v) is 4.54. The Balaban J connectivity index is 2.25. The molecular formula is C10H7ClN2O3S. The van der Waals surface area contributed by atoms with Crippen molar-refractivity contribution < 1.29 is 14.3 Å². The molecule has 0 aliphatic heterocycles. The molecular weight excluding hydrogens is 264 g/mol. The van der Waals surface area contributed by atoms with Crippen LogP contribution in [0.25, 0.3) is 10.2 Å². The highest BCUT2D eigenvalue weighted by molar-refractivity contribution is 7.22. The summed E-state index contributed by atoms with van der Waals surface area (Å²) in [6.07, 6.45) is 0. The zero-order chi connectivity index (χ0) is 12.4. The monoisotopic (exact) mass is 270 g/mol. The van der Waals surface area contributed by atoms with Crippen LogP contribution in [0.2, 0.25) is 5.02 Å². The molecule has 0 saturated heterocycles. The normalized spacial score (nSPS) is 10.2. The number of rotatable bonds is 1. The zero-order valence-corrected chi connectivity index (χ0v) is 10.3. The molecule has 2 rings (SSSR count).